The van der Waals surface area contributed by atoms with Gasteiger partial charge in [-0.15, -0.1) is 0 Å². The molecule has 0 saturated heterocycles. The van der Waals surface area contributed by atoms with Crippen molar-refractivity contribution < 1.29 is 93.3 Å². The Morgan fingerprint density at radius 3 is 0.735 bits per heavy atom. The van der Waals surface area contributed by atoms with E-state index in [1.807, 2.05) is 195 Å². The van der Waals surface area contributed by atoms with Crippen LogP contribution in [0.25, 0.3) is 21.5 Å². The van der Waals surface area contributed by atoms with E-state index in [1.165, 1.54) is 0 Å². The van der Waals surface area contributed by atoms with Gasteiger partial charge in [0.25, 0.3) is 0 Å². The number of allylic oxidation sites excluding steroid dienone is 6. The van der Waals surface area contributed by atoms with Gasteiger partial charge in [-0.25, -0.2) is 28.8 Å². The van der Waals surface area contributed by atoms with Crippen molar-refractivity contribution >= 4 is 92.1 Å². The number of phenolic OH excluding ortho intramolecular Hbond substituents is 1. The summed E-state index contributed by atoms with van der Waals surface area (Å²) in [5.74, 6) is -8.71. The fourth-order valence-electron chi connectivity index (χ4n) is 13.7. The molecule has 0 fully saturated rings. The lowest BCUT2D eigenvalue weighted by atomic mass is 9.69. The molecule has 0 atom stereocenters. The van der Waals surface area contributed by atoms with Gasteiger partial charge < -0.3 is 35.7 Å². The van der Waals surface area contributed by atoms with E-state index in [4.69, 9.17) is 30.6 Å². The molecule has 19 nitrogen and oxygen atoms in total. The van der Waals surface area contributed by atoms with Crippen molar-refractivity contribution in [1.82, 2.24) is 0 Å². The molecule has 0 unspecified atom stereocenters. The number of carbonyl (C=O) groups is 12. The summed E-state index contributed by atoms with van der Waals surface area (Å²) >= 11 is 0. The predicted molar refractivity (Wildman–Crippen MR) is 444 cm³/mol. The predicted octanol–water partition coefficient (Wildman–Crippen LogP) is 15.6. The number of hydrogen-bond acceptors (Lipinski definition) is 13. The molecule has 117 heavy (non-hydrogen) atoms. The van der Waals surface area contributed by atoms with Gasteiger partial charge >= 0.3 is 35.8 Å². The van der Waals surface area contributed by atoms with Gasteiger partial charge in [0.2, 0.25) is 0 Å². The summed E-state index contributed by atoms with van der Waals surface area (Å²) in [6, 6.07) is 81.5. The van der Waals surface area contributed by atoms with Crippen LogP contribution in [-0.4, -0.2) is 106 Å². The minimum Gasteiger partial charge on any atom is -0.508 e. The number of carboxylic acids is 6. The Hall–Kier alpha value is -15.0. The molecular formula is C98H82O19. The zero-order valence-electron chi connectivity index (χ0n) is 63.9. The van der Waals surface area contributed by atoms with Gasteiger partial charge in [0.1, 0.15) is 5.75 Å². The number of aliphatic carboxylic acids is 6. The zero-order valence-corrected chi connectivity index (χ0v) is 63.9. The highest BCUT2D eigenvalue weighted by molar-refractivity contribution is 6.00. The third-order valence-electron chi connectivity index (χ3n) is 20.0. The van der Waals surface area contributed by atoms with Crippen LogP contribution in [0.5, 0.6) is 5.75 Å². The van der Waals surface area contributed by atoms with Crippen LogP contribution in [0.15, 0.2) is 328 Å². The van der Waals surface area contributed by atoms with E-state index >= 15 is 0 Å². The lowest BCUT2D eigenvalue weighted by Gasteiger charge is -2.33. The van der Waals surface area contributed by atoms with Gasteiger partial charge in [0, 0.05) is 91.2 Å². The van der Waals surface area contributed by atoms with Gasteiger partial charge in [-0.3, -0.25) is 28.8 Å². The third kappa shape index (κ3) is 23.8. The first kappa shape index (κ1) is 86.0. The monoisotopic (exact) mass is 1560 g/mol. The Balaban J connectivity index is 0.000000201. The highest BCUT2D eigenvalue weighted by atomic mass is 16.4. The molecule has 0 saturated carbocycles. The molecule has 11 aromatic rings. The molecule has 11 rings (SSSR count). The first-order valence-corrected chi connectivity index (χ1v) is 36.9. The largest absolute Gasteiger partial charge is 0.508 e. The van der Waals surface area contributed by atoms with Crippen LogP contribution >= 0.6 is 0 Å². The van der Waals surface area contributed by atoms with Crippen molar-refractivity contribution in [1.29, 1.82) is 0 Å². The van der Waals surface area contributed by atoms with E-state index in [1.54, 1.807) is 12.1 Å². The molecule has 0 heterocycles. The molecule has 0 bridgehead atoms. The van der Waals surface area contributed by atoms with Crippen molar-refractivity contribution in [3.05, 3.63) is 411 Å². The minimum atomic E-state index is -1.18. The topological polar surface area (TPSA) is 346 Å². The van der Waals surface area contributed by atoms with E-state index < -0.39 is 52.1 Å². The molecule has 19 heteroatoms. The average Bonchev–Trinajstić information content (AvgIpc) is 0.756. The second-order valence-corrected chi connectivity index (χ2v) is 28.1. The summed E-state index contributed by atoms with van der Waals surface area (Å²) < 4.78 is 0. The Morgan fingerprint density at radius 1 is 0.231 bits per heavy atom. The molecule has 0 aliphatic rings. The average molecular weight is 1560 g/mol. The van der Waals surface area contributed by atoms with Crippen molar-refractivity contribution in [2.75, 3.05) is 0 Å². The summed E-state index contributed by atoms with van der Waals surface area (Å²) in [5, 5.41) is 66.7. The van der Waals surface area contributed by atoms with Crippen molar-refractivity contribution in [3.8, 4) is 5.75 Å². The summed E-state index contributed by atoms with van der Waals surface area (Å²) in [6.45, 7) is 6.30. The SMILES string of the molecule is CC(c1ccc(CC(=O)/C=C/C(=O)O)cc1)(c1ccc(CC(=O)/C=C/C(=O)O)cc1)c1ccc2ccccc2c1.CC(c1ccc(CC(=O)/C=C/C(=O)O)cc1)(c1ccc(CC(=O)/C=C/C(=O)O)cc1)c1cccc2ccccc12.CC(c1ccc(O)cc1)(c1ccc(CC(=O)/C=C/C(=O)O)cc1)c1ccc(CC(=O)/C=C/C(=O)O)cc1. The maximum absolute atomic E-state index is 12.2. The Kier molecular flexibility index (Phi) is 29.4. The van der Waals surface area contributed by atoms with Crippen molar-refractivity contribution in [3.63, 3.8) is 0 Å². The van der Waals surface area contributed by atoms with Crippen molar-refractivity contribution in [2.45, 2.75) is 75.5 Å². The number of phenols is 1. The Bertz CT molecular complexity index is 5470. The summed E-state index contributed by atoms with van der Waals surface area (Å²) in [4.78, 5) is 137. The lowest BCUT2D eigenvalue weighted by molar-refractivity contribution is -0.132. The Morgan fingerprint density at radius 2 is 0.453 bits per heavy atom. The standard InChI is InChI=1S/2C34H28O6.C30H26O7/c1-34(31-8-4-6-25-5-2-3-7-30(25)31,26-13-9-23(10-14-26)21-28(35)17-19-32(37)38)27-15-11-24(12-16-27)22-29(36)18-20-33(39)40;1-34(29-15-10-25-4-2-3-5-26(25)22-29,27-11-6-23(7-12-27)20-30(35)16-18-32(37)38)28-13-8-24(9-14-28)21-31(36)17-19-33(39)40;1-30(24-10-12-25(31)13-11-24,22-6-2-20(3-7-22)18-26(32)14-16-28(34)35)23-8-4-21(5-9-23)19-27(33)15-17-29(36)37/h2-20H,21-22H2,1H3,(H,37,38)(H,39,40);2-19,22H,20-21H2,1H3,(H,37,38)(H,39,40);2-17,31H,18-19H2,1H3,(H,34,35)(H,36,37)/b19-17+,20-18+;18-16+,19-17+;16-14+,17-15+. The Labute approximate surface area is 674 Å². The number of benzene rings is 11. The van der Waals surface area contributed by atoms with E-state index in [0.29, 0.717) is 0 Å². The number of carbonyl (C=O) groups excluding carboxylic acids is 6. The highest BCUT2D eigenvalue weighted by Crippen LogP contribution is 2.44. The summed E-state index contributed by atoms with van der Waals surface area (Å²) in [6.07, 6.45) is 11.9. The summed E-state index contributed by atoms with van der Waals surface area (Å²) in [7, 11) is 0. The van der Waals surface area contributed by atoms with Gasteiger partial charge in [0.15, 0.2) is 34.7 Å². The number of hydrogen-bond donors (Lipinski definition) is 7. The maximum Gasteiger partial charge on any atom is 0.328 e. The van der Waals surface area contributed by atoms with Crippen LogP contribution < -0.4 is 0 Å². The molecule has 0 aliphatic carbocycles. The van der Waals surface area contributed by atoms with Crippen LogP contribution in [-0.2, 0) is 112 Å². The van der Waals surface area contributed by atoms with Crippen LogP contribution in [0, 0.1) is 0 Å². The minimum absolute atomic E-state index is 0.0685. The molecule has 11 aromatic carbocycles. The molecule has 0 amide bonds. The molecule has 588 valence electrons. The molecule has 0 spiro atoms. The quantitative estimate of drug-likeness (QED) is 0.0148. The molecule has 0 aromatic heterocycles. The second kappa shape index (κ2) is 40.0. The van der Waals surface area contributed by atoms with E-state index in [2.05, 4.69) is 68.4 Å². The molecular weight excluding hydrogens is 1480 g/mol. The van der Waals surface area contributed by atoms with E-state index in [9.17, 15) is 62.6 Å². The normalized spacial score (nSPS) is 11.7. The number of fused-ring (bicyclic) bond motifs is 2. The third-order valence-corrected chi connectivity index (χ3v) is 20.0. The number of ketones is 6. The lowest BCUT2D eigenvalue weighted by Crippen LogP contribution is -2.26. The fourth-order valence-corrected chi connectivity index (χ4v) is 13.7. The van der Waals surface area contributed by atoms with Crippen LogP contribution in [0.4, 0.5) is 0 Å². The number of rotatable bonds is 33. The van der Waals surface area contributed by atoms with Crippen LogP contribution in [0.1, 0.15) is 104 Å². The van der Waals surface area contributed by atoms with Crippen molar-refractivity contribution in [2.24, 2.45) is 0 Å². The second-order valence-electron chi connectivity index (χ2n) is 28.1. The van der Waals surface area contributed by atoms with E-state index in [-0.39, 0.29) is 79.0 Å². The van der Waals surface area contributed by atoms with Gasteiger partial charge in [0.05, 0.1) is 0 Å². The smallest absolute Gasteiger partial charge is 0.328 e. The zero-order chi connectivity index (χ0) is 84.4. The number of carboxylic acid groups (broad SMARTS) is 6. The highest BCUT2D eigenvalue weighted by Gasteiger charge is 2.35. The van der Waals surface area contributed by atoms with Crippen LogP contribution in [0.2, 0.25) is 0 Å². The van der Waals surface area contributed by atoms with Gasteiger partial charge in [-0.2, -0.15) is 0 Å². The fraction of sp³-hybridized carbons (Fsp3) is 0.122. The summed E-state index contributed by atoms with van der Waals surface area (Å²) in [5.41, 5.74) is 11.6. The molecule has 0 aliphatic heterocycles. The molecule has 0 radical (unpaired) electrons. The number of aromatic hydroxyl groups is 1. The maximum atomic E-state index is 12.2. The first-order chi connectivity index (χ1) is 55.9. The molecule has 7 N–H and O–H groups in total. The van der Waals surface area contributed by atoms with E-state index in [0.717, 1.165) is 178 Å². The van der Waals surface area contributed by atoms with Crippen LogP contribution in [0.3, 0.4) is 0 Å². The first-order valence-electron chi connectivity index (χ1n) is 36.9. The van der Waals surface area contributed by atoms with Gasteiger partial charge in [-0.05, 0) is 180 Å². The van der Waals surface area contributed by atoms with Gasteiger partial charge in [-0.1, -0.05) is 237 Å².